The van der Waals surface area contributed by atoms with Crippen molar-refractivity contribution in [2.75, 3.05) is 27.3 Å². The minimum atomic E-state index is -0.301. The second kappa shape index (κ2) is 5.21. The molecule has 2 rings (SSSR count). The third kappa shape index (κ3) is 2.32. The predicted molar refractivity (Wildman–Crippen MR) is 73.5 cm³/mol. The average molecular weight is 263 g/mol. The Kier molecular flexibility index (Phi) is 3.80. The summed E-state index contributed by atoms with van der Waals surface area (Å²) < 4.78 is 10.4. The van der Waals surface area contributed by atoms with E-state index in [0.717, 1.165) is 23.4 Å². The van der Waals surface area contributed by atoms with Gasteiger partial charge in [-0.25, -0.2) is 0 Å². The molecule has 1 fully saturated rings. The smallest absolute Gasteiger partial charge is 0.310 e. The Morgan fingerprint density at radius 2 is 2.16 bits per heavy atom. The average Bonchev–Trinajstić information content (AvgIpc) is 2.81. The highest BCUT2D eigenvalue weighted by molar-refractivity contribution is 5.76. The highest BCUT2D eigenvalue weighted by Gasteiger charge is 2.46. The van der Waals surface area contributed by atoms with E-state index in [0.29, 0.717) is 6.54 Å². The van der Waals surface area contributed by atoms with Gasteiger partial charge in [-0.15, -0.1) is 0 Å². The van der Waals surface area contributed by atoms with E-state index < -0.39 is 0 Å². The topological polar surface area (TPSA) is 47.6 Å². The summed E-state index contributed by atoms with van der Waals surface area (Å²) in [5.41, 5.74) is 1.92. The number of methoxy groups -OCH3 is 2. The number of hydrogen-bond donors (Lipinski definition) is 1. The number of carbonyl (C=O) groups excluding carboxylic acids is 1. The number of benzene rings is 1. The highest BCUT2D eigenvalue weighted by atomic mass is 16.5. The molecule has 0 spiro atoms. The Bertz CT molecular complexity index is 486. The van der Waals surface area contributed by atoms with Crippen LogP contribution in [0.25, 0.3) is 0 Å². The van der Waals surface area contributed by atoms with Crippen molar-refractivity contribution in [2.24, 2.45) is 5.92 Å². The molecule has 19 heavy (non-hydrogen) atoms. The molecule has 1 N–H and O–H groups in total. The number of ether oxygens (including phenoxy) is 2. The van der Waals surface area contributed by atoms with Crippen LogP contribution in [0, 0.1) is 12.8 Å². The summed E-state index contributed by atoms with van der Waals surface area (Å²) in [7, 11) is 3.10. The molecule has 0 aromatic heterocycles. The summed E-state index contributed by atoms with van der Waals surface area (Å²) in [6.45, 7) is 5.51. The first kappa shape index (κ1) is 13.9. The minimum Gasteiger partial charge on any atom is -0.496 e. The maximum Gasteiger partial charge on any atom is 0.310 e. The van der Waals surface area contributed by atoms with Gasteiger partial charge < -0.3 is 14.8 Å². The van der Waals surface area contributed by atoms with Gasteiger partial charge in [0.15, 0.2) is 0 Å². The molecule has 1 aromatic carbocycles. The Morgan fingerprint density at radius 1 is 1.42 bits per heavy atom. The van der Waals surface area contributed by atoms with Gasteiger partial charge in [0.1, 0.15) is 5.75 Å². The van der Waals surface area contributed by atoms with Crippen molar-refractivity contribution in [3.8, 4) is 5.75 Å². The summed E-state index contributed by atoms with van der Waals surface area (Å²) in [6.07, 6.45) is 0. The van der Waals surface area contributed by atoms with Crippen molar-refractivity contribution >= 4 is 5.97 Å². The zero-order chi connectivity index (χ0) is 14.0. The molecule has 0 aliphatic carbocycles. The molecule has 104 valence electrons. The molecule has 1 aliphatic rings. The van der Waals surface area contributed by atoms with Crippen LogP contribution < -0.4 is 10.1 Å². The van der Waals surface area contributed by atoms with E-state index in [2.05, 4.69) is 18.3 Å². The van der Waals surface area contributed by atoms with E-state index in [-0.39, 0.29) is 17.3 Å². The normalized spacial score (nSPS) is 26.2. The summed E-state index contributed by atoms with van der Waals surface area (Å²) in [5, 5.41) is 3.29. The first-order valence-corrected chi connectivity index (χ1v) is 6.46. The highest BCUT2D eigenvalue weighted by Crippen LogP contribution is 2.41. The van der Waals surface area contributed by atoms with Gasteiger partial charge in [-0.3, -0.25) is 4.79 Å². The Hall–Kier alpha value is -1.55. The Labute approximate surface area is 114 Å². The quantitative estimate of drug-likeness (QED) is 0.842. The molecule has 1 saturated heterocycles. The van der Waals surface area contributed by atoms with Crippen LogP contribution in [0.15, 0.2) is 18.2 Å². The van der Waals surface area contributed by atoms with Gasteiger partial charge in [-0.1, -0.05) is 24.6 Å². The predicted octanol–water partition coefficient (Wildman–Crippen LogP) is 1.65. The summed E-state index contributed by atoms with van der Waals surface area (Å²) in [5.74, 6) is 0.468. The van der Waals surface area contributed by atoms with Crippen LogP contribution >= 0.6 is 0 Å². The van der Waals surface area contributed by atoms with Crippen LogP contribution in [0.3, 0.4) is 0 Å². The maximum atomic E-state index is 12.0. The van der Waals surface area contributed by atoms with E-state index in [4.69, 9.17) is 9.47 Å². The van der Waals surface area contributed by atoms with E-state index in [1.165, 1.54) is 7.11 Å². The first-order valence-electron chi connectivity index (χ1n) is 6.46. The van der Waals surface area contributed by atoms with Crippen LogP contribution in [0.1, 0.15) is 18.1 Å². The Morgan fingerprint density at radius 3 is 2.79 bits per heavy atom. The molecule has 4 nitrogen and oxygen atoms in total. The fourth-order valence-corrected chi connectivity index (χ4v) is 2.86. The lowest BCUT2D eigenvalue weighted by atomic mass is 9.73. The summed E-state index contributed by atoms with van der Waals surface area (Å²) >= 11 is 0. The lowest BCUT2D eigenvalue weighted by Gasteiger charge is -2.31. The van der Waals surface area contributed by atoms with Gasteiger partial charge >= 0.3 is 5.97 Å². The largest absolute Gasteiger partial charge is 0.496 e. The van der Waals surface area contributed by atoms with E-state index in [1.807, 2.05) is 19.1 Å². The number of carbonyl (C=O) groups is 1. The molecule has 1 aromatic rings. The fourth-order valence-electron chi connectivity index (χ4n) is 2.86. The molecule has 2 atom stereocenters. The molecule has 0 radical (unpaired) electrons. The van der Waals surface area contributed by atoms with Gasteiger partial charge in [-0.2, -0.15) is 0 Å². The number of aryl methyl sites for hydroxylation is 1. The SMILES string of the molecule is COC(=O)C1CNCC1(C)c1cc(C)ccc1OC. The standard InChI is InChI=1S/C15H21NO3/c1-10-5-6-13(18-3)11(7-10)15(2)9-16-8-12(15)14(17)19-4/h5-7,12,16H,8-9H2,1-4H3. The van der Waals surface area contributed by atoms with Crippen molar-refractivity contribution in [1.29, 1.82) is 0 Å². The van der Waals surface area contributed by atoms with Crippen molar-refractivity contribution in [2.45, 2.75) is 19.3 Å². The molecular formula is C15H21NO3. The molecule has 4 heteroatoms. The van der Waals surface area contributed by atoms with Crippen LogP contribution in [0.5, 0.6) is 5.75 Å². The van der Waals surface area contributed by atoms with Gasteiger partial charge in [0.2, 0.25) is 0 Å². The van der Waals surface area contributed by atoms with Gasteiger partial charge in [-0.05, 0) is 13.0 Å². The maximum absolute atomic E-state index is 12.0. The molecule has 1 aliphatic heterocycles. The molecule has 0 amide bonds. The van der Waals surface area contributed by atoms with Crippen molar-refractivity contribution in [3.63, 3.8) is 0 Å². The van der Waals surface area contributed by atoms with Crippen LogP contribution in [-0.4, -0.2) is 33.3 Å². The number of nitrogens with one attached hydrogen (secondary N) is 1. The third-order valence-electron chi connectivity index (χ3n) is 4.07. The first-order chi connectivity index (χ1) is 9.02. The Balaban J connectivity index is 2.48. The molecule has 0 bridgehead atoms. The van der Waals surface area contributed by atoms with Crippen molar-refractivity contribution in [3.05, 3.63) is 29.3 Å². The second-order valence-electron chi connectivity index (χ2n) is 5.33. The minimum absolute atomic E-state index is 0.170. The second-order valence-corrected chi connectivity index (χ2v) is 5.33. The zero-order valence-electron chi connectivity index (χ0n) is 11.9. The van der Waals surface area contributed by atoms with E-state index in [9.17, 15) is 4.79 Å². The van der Waals surface area contributed by atoms with Crippen LogP contribution in [0.4, 0.5) is 0 Å². The zero-order valence-corrected chi connectivity index (χ0v) is 11.9. The molecule has 2 unspecified atom stereocenters. The molecular weight excluding hydrogens is 242 g/mol. The lowest BCUT2D eigenvalue weighted by molar-refractivity contribution is -0.146. The summed E-state index contributed by atoms with van der Waals surface area (Å²) in [6, 6.07) is 6.07. The molecule has 0 saturated carbocycles. The van der Waals surface area contributed by atoms with Gasteiger partial charge in [0.05, 0.1) is 20.1 Å². The van der Waals surface area contributed by atoms with E-state index >= 15 is 0 Å². The third-order valence-corrected chi connectivity index (χ3v) is 4.07. The molecule has 1 heterocycles. The lowest BCUT2D eigenvalue weighted by Crippen LogP contribution is -2.37. The number of esters is 1. The van der Waals surface area contributed by atoms with Gasteiger partial charge in [0.25, 0.3) is 0 Å². The van der Waals surface area contributed by atoms with Crippen molar-refractivity contribution in [1.82, 2.24) is 5.32 Å². The number of rotatable bonds is 3. The number of hydrogen-bond acceptors (Lipinski definition) is 4. The fraction of sp³-hybridized carbons (Fsp3) is 0.533. The monoisotopic (exact) mass is 263 g/mol. The van der Waals surface area contributed by atoms with Crippen LogP contribution in [0.2, 0.25) is 0 Å². The summed E-state index contributed by atoms with van der Waals surface area (Å²) in [4.78, 5) is 12.0. The van der Waals surface area contributed by atoms with E-state index in [1.54, 1.807) is 7.11 Å². The van der Waals surface area contributed by atoms with Gasteiger partial charge in [0, 0.05) is 24.1 Å². The van der Waals surface area contributed by atoms with Crippen LogP contribution in [-0.2, 0) is 14.9 Å². The van der Waals surface area contributed by atoms with Crippen molar-refractivity contribution < 1.29 is 14.3 Å².